The number of carbonyl (C=O) groups is 2. The van der Waals surface area contributed by atoms with E-state index in [1.807, 2.05) is 0 Å². The first-order valence-corrected chi connectivity index (χ1v) is 16.7. The van der Waals surface area contributed by atoms with Gasteiger partial charge in [-0.05, 0) is 0 Å². The van der Waals surface area contributed by atoms with E-state index >= 15 is 0 Å². The Kier molecular flexibility index (Phi) is 21.2. The molecule has 0 saturated carbocycles. The van der Waals surface area contributed by atoms with Gasteiger partial charge in [-0.15, -0.1) is 0 Å². The molecule has 7 heteroatoms. The molecule has 0 aromatic rings. The van der Waals surface area contributed by atoms with E-state index in [1.54, 1.807) is 27.7 Å². The molecule has 0 spiro atoms. The van der Waals surface area contributed by atoms with E-state index in [9.17, 15) is 13.3 Å². The van der Waals surface area contributed by atoms with Crippen LogP contribution in [0.5, 0.6) is 0 Å². The fourth-order valence-electron chi connectivity index (χ4n) is 3.91. The zero-order valence-electron chi connectivity index (χ0n) is 23.5. The number of hydrogen-bond donors (Lipinski definition) is 1. The van der Waals surface area contributed by atoms with E-state index in [1.165, 1.54) is 90.0 Å². The summed E-state index contributed by atoms with van der Waals surface area (Å²) in [7, 11) is 0. The summed E-state index contributed by atoms with van der Waals surface area (Å²) < 4.78 is 26.5. The Bertz CT molecular complexity index is 578. The van der Waals surface area contributed by atoms with Crippen molar-refractivity contribution in [1.29, 1.82) is 0 Å². The van der Waals surface area contributed by atoms with Gasteiger partial charge in [-0.3, -0.25) is 0 Å². The third kappa shape index (κ3) is 21.3. The summed E-state index contributed by atoms with van der Waals surface area (Å²) in [6, 6.07) is 0. The Labute approximate surface area is 220 Å². The molecule has 0 atom stereocenters. The summed E-state index contributed by atoms with van der Waals surface area (Å²) in [5.74, 6) is -0.863. The molecule has 206 valence electrons. The first kappa shape index (κ1) is 34.5. The average molecular weight is 535 g/mol. The zero-order chi connectivity index (χ0) is 26.5. The molecule has 0 aromatic heterocycles. The Morgan fingerprint density at radius 1 is 0.714 bits per heavy atom. The van der Waals surface area contributed by atoms with Crippen LogP contribution >= 0.6 is 0 Å². The SMILES string of the molecule is CCCCCCCCCCCCCCCCCC(=O)/C=C(\C)C(=O)[O][Ti]([OH])([O]C(C)C)[O]C(C)C. The van der Waals surface area contributed by atoms with Crippen LogP contribution in [0, 0.1) is 0 Å². The molecule has 6 nitrogen and oxygen atoms in total. The first-order valence-electron chi connectivity index (χ1n) is 14.1. The second-order valence-corrected chi connectivity index (χ2v) is 12.9. The molecule has 0 saturated heterocycles. The molecule has 0 bridgehead atoms. The number of unbranched alkanes of at least 4 members (excludes halogenated alkanes) is 14. The molecule has 0 aromatic carbocycles. The van der Waals surface area contributed by atoms with Gasteiger partial charge in [-0.2, -0.15) is 0 Å². The van der Waals surface area contributed by atoms with Crippen molar-refractivity contribution >= 4 is 11.8 Å². The second kappa shape index (κ2) is 21.5. The molecule has 0 amide bonds. The fourth-order valence-corrected chi connectivity index (χ4v) is 6.63. The summed E-state index contributed by atoms with van der Waals surface area (Å²) in [6.45, 7) is 10.7. The Morgan fingerprint density at radius 3 is 1.46 bits per heavy atom. The number of ketones is 1. The molecule has 0 radical (unpaired) electrons. The predicted molar refractivity (Wildman–Crippen MR) is 139 cm³/mol. The van der Waals surface area contributed by atoms with E-state index in [4.69, 9.17) is 9.96 Å². The van der Waals surface area contributed by atoms with Gasteiger partial charge in [0, 0.05) is 0 Å². The average Bonchev–Trinajstić information content (AvgIpc) is 2.74. The first-order chi connectivity index (χ1) is 16.6. The number of allylic oxidation sites excluding steroid dienone is 1. The van der Waals surface area contributed by atoms with Gasteiger partial charge in [0.1, 0.15) is 0 Å². The van der Waals surface area contributed by atoms with Crippen molar-refractivity contribution < 1.29 is 41.4 Å². The van der Waals surface area contributed by atoms with Crippen LogP contribution in [0.2, 0.25) is 0 Å². The summed E-state index contributed by atoms with van der Waals surface area (Å²) in [6.07, 6.45) is 20.2. The number of rotatable bonds is 23. The Hall–Kier alpha value is -0.526. The van der Waals surface area contributed by atoms with E-state index < -0.39 is 24.1 Å². The van der Waals surface area contributed by atoms with Gasteiger partial charge in [0.2, 0.25) is 0 Å². The molecule has 0 heterocycles. The van der Waals surface area contributed by atoms with Gasteiger partial charge >= 0.3 is 157 Å². The van der Waals surface area contributed by atoms with Crippen LogP contribution in [0.15, 0.2) is 11.6 Å². The van der Waals surface area contributed by atoms with Gasteiger partial charge in [-0.1, -0.05) is 64.7 Å². The normalized spacial score (nSPS) is 12.5. The van der Waals surface area contributed by atoms with Crippen LogP contribution in [0.3, 0.4) is 0 Å². The van der Waals surface area contributed by atoms with E-state index in [2.05, 4.69) is 6.92 Å². The topological polar surface area (TPSA) is 82.1 Å². The molecule has 1 N–H and O–H groups in total. The minimum absolute atomic E-state index is 0.0975. The Morgan fingerprint density at radius 2 is 1.09 bits per heavy atom. The minimum atomic E-state index is -4.69. The maximum absolute atomic E-state index is 12.4. The van der Waals surface area contributed by atoms with Crippen molar-refractivity contribution in [3.8, 4) is 0 Å². The maximum atomic E-state index is 12.4. The zero-order valence-corrected chi connectivity index (χ0v) is 25.1. The summed E-state index contributed by atoms with van der Waals surface area (Å²) in [5.41, 5.74) is 0.153. The number of hydrogen-bond acceptors (Lipinski definition) is 6. The van der Waals surface area contributed by atoms with E-state index in [0.29, 0.717) is 6.42 Å². The van der Waals surface area contributed by atoms with Crippen LogP contribution in [0.4, 0.5) is 0 Å². The monoisotopic (exact) mass is 534 g/mol. The molecule has 0 aliphatic carbocycles. The van der Waals surface area contributed by atoms with Crippen LogP contribution in [0.25, 0.3) is 0 Å². The molecule has 0 aliphatic rings. The Balaban J connectivity index is 3.94. The third-order valence-electron chi connectivity index (χ3n) is 5.72. The van der Waals surface area contributed by atoms with E-state index in [0.717, 1.165) is 19.3 Å². The van der Waals surface area contributed by atoms with Gasteiger partial charge in [-0.25, -0.2) is 0 Å². The molecule has 0 rings (SSSR count). The van der Waals surface area contributed by atoms with Crippen molar-refractivity contribution in [3.63, 3.8) is 0 Å². The molecule has 0 unspecified atom stereocenters. The number of carbonyl (C=O) groups excluding carboxylic acids is 2. The molecular formula is C28H54O6Ti. The van der Waals surface area contributed by atoms with Crippen molar-refractivity contribution in [2.45, 2.75) is 156 Å². The van der Waals surface area contributed by atoms with Crippen molar-refractivity contribution in [2.24, 2.45) is 0 Å². The summed E-state index contributed by atoms with van der Waals surface area (Å²) >= 11 is -4.69. The standard InChI is InChI=1S/C22H40O3.2C3H7O.H2O.Ti/c1-3-4-5-6-7-8-9-10-11-12-13-14-15-16-17-18-21(23)19-20(2)22(24)25;2*1-3(2)4;;/h19H,3-18H2,1-2H3,(H,24,25);2*3H,1-2H3;1H2;/q;2*-1;;+4/p-2/b20-19+;;;;. The fraction of sp³-hybridized carbons (Fsp3) is 0.857. The molecule has 35 heavy (non-hydrogen) atoms. The van der Waals surface area contributed by atoms with Gasteiger partial charge in [0.15, 0.2) is 0 Å². The van der Waals surface area contributed by atoms with Crippen molar-refractivity contribution in [3.05, 3.63) is 11.6 Å². The van der Waals surface area contributed by atoms with Crippen LogP contribution < -0.4 is 0 Å². The van der Waals surface area contributed by atoms with Crippen LogP contribution in [-0.4, -0.2) is 27.6 Å². The second-order valence-electron chi connectivity index (χ2n) is 10.2. The summed E-state index contributed by atoms with van der Waals surface area (Å²) in [4.78, 5) is 24.6. The third-order valence-corrected chi connectivity index (χ3v) is 8.81. The predicted octanol–water partition coefficient (Wildman–Crippen LogP) is 7.96. The van der Waals surface area contributed by atoms with E-state index in [-0.39, 0.29) is 23.6 Å². The van der Waals surface area contributed by atoms with Gasteiger partial charge < -0.3 is 0 Å². The summed E-state index contributed by atoms with van der Waals surface area (Å²) in [5, 5.41) is 0. The molecule has 0 aliphatic heterocycles. The van der Waals surface area contributed by atoms with Crippen molar-refractivity contribution in [1.82, 2.24) is 0 Å². The van der Waals surface area contributed by atoms with Gasteiger partial charge in [0.25, 0.3) is 0 Å². The molecular weight excluding hydrogens is 480 g/mol. The quantitative estimate of drug-likeness (QED) is 0.0813. The van der Waals surface area contributed by atoms with Crippen LogP contribution in [0.1, 0.15) is 144 Å². The van der Waals surface area contributed by atoms with Crippen LogP contribution in [-0.2, 0) is 37.7 Å². The molecule has 0 fully saturated rings. The van der Waals surface area contributed by atoms with Gasteiger partial charge in [0.05, 0.1) is 0 Å². The van der Waals surface area contributed by atoms with Crippen molar-refractivity contribution in [2.75, 3.05) is 0 Å².